The first-order chi connectivity index (χ1) is 12.8. The minimum absolute atomic E-state index is 0.364. The lowest BCUT2D eigenvalue weighted by Crippen LogP contribution is -2.35. The Bertz CT molecular complexity index is 827. The number of aryl methyl sites for hydroxylation is 2. The molecule has 0 N–H and O–H groups in total. The Morgan fingerprint density at radius 2 is 2.04 bits per heavy atom. The van der Waals surface area contributed by atoms with Crippen molar-refractivity contribution in [1.29, 1.82) is 0 Å². The largest absolute Gasteiger partial charge is 0.420 e. The van der Waals surface area contributed by atoms with Crippen LogP contribution >= 0.6 is 11.3 Å². The molecule has 0 spiro atoms. The van der Waals surface area contributed by atoms with Gasteiger partial charge >= 0.3 is 0 Å². The maximum Gasteiger partial charge on any atom is 0.257 e. The van der Waals surface area contributed by atoms with E-state index in [0.29, 0.717) is 11.8 Å². The normalized spacial score (nSPS) is 18.3. The van der Waals surface area contributed by atoms with Crippen molar-refractivity contribution in [2.45, 2.75) is 38.5 Å². The number of benzene rings is 1. The van der Waals surface area contributed by atoms with E-state index in [4.69, 9.17) is 4.42 Å². The Kier molecular flexibility index (Phi) is 5.46. The van der Waals surface area contributed by atoms with E-state index in [0.717, 1.165) is 36.7 Å². The van der Waals surface area contributed by atoms with Gasteiger partial charge in [0.25, 0.3) is 5.89 Å². The summed E-state index contributed by atoms with van der Waals surface area (Å²) in [5, 5.41) is 8.63. The molecule has 5 heteroatoms. The van der Waals surface area contributed by atoms with Crippen LogP contribution in [-0.4, -0.2) is 34.7 Å². The molecule has 0 radical (unpaired) electrons. The van der Waals surface area contributed by atoms with Crippen molar-refractivity contribution in [2.75, 3.05) is 19.6 Å². The summed E-state index contributed by atoms with van der Waals surface area (Å²) in [5.74, 6) is 1.83. The summed E-state index contributed by atoms with van der Waals surface area (Å²) in [6.45, 7) is 5.44. The second-order valence-electron chi connectivity index (χ2n) is 7.08. The van der Waals surface area contributed by atoms with Gasteiger partial charge in [0, 0.05) is 11.4 Å². The summed E-state index contributed by atoms with van der Waals surface area (Å²) in [6.07, 6.45) is 4.68. The summed E-state index contributed by atoms with van der Waals surface area (Å²) >= 11 is 1.70. The van der Waals surface area contributed by atoms with E-state index in [-0.39, 0.29) is 0 Å². The monoisotopic (exact) mass is 367 g/mol. The van der Waals surface area contributed by atoms with Crippen molar-refractivity contribution < 1.29 is 4.42 Å². The van der Waals surface area contributed by atoms with E-state index in [1.54, 1.807) is 11.3 Å². The van der Waals surface area contributed by atoms with Crippen LogP contribution in [0.1, 0.15) is 41.5 Å². The Morgan fingerprint density at radius 3 is 2.85 bits per heavy atom. The number of hydrogen-bond donors (Lipinski definition) is 0. The second kappa shape index (κ2) is 8.14. The summed E-state index contributed by atoms with van der Waals surface area (Å²) in [6, 6.07) is 14.9. The van der Waals surface area contributed by atoms with Crippen LogP contribution in [-0.2, 0) is 6.42 Å². The molecular formula is C21H25N3OS. The molecule has 1 saturated heterocycles. The van der Waals surface area contributed by atoms with Gasteiger partial charge in [-0.2, -0.15) is 0 Å². The van der Waals surface area contributed by atoms with Gasteiger partial charge in [0.15, 0.2) is 0 Å². The van der Waals surface area contributed by atoms with Gasteiger partial charge in [-0.25, -0.2) is 0 Å². The van der Waals surface area contributed by atoms with E-state index in [2.05, 4.69) is 64.5 Å². The summed E-state index contributed by atoms with van der Waals surface area (Å²) in [7, 11) is 0. The van der Waals surface area contributed by atoms with Crippen molar-refractivity contribution in [2.24, 2.45) is 0 Å². The molecular weight excluding hydrogens is 342 g/mol. The smallest absolute Gasteiger partial charge is 0.257 e. The third kappa shape index (κ3) is 4.22. The van der Waals surface area contributed by atoms with Crippen LogP contribution in [0.5, 0.6) is 0 Å². The molecule has 0 aliphatic carbocycles. The number of hydrogen-bond acceptors (Lipinski definition) is 5. The molecule has 26 heavy (non-hydrogen) atoms. The first kappa shape index (κ1) is 17.4. The highest BCUT2D eigenvalue weighted by Gasteiger charge is 2.26. The maximum atomic E-state index is 6.01. The van der Waals surface area contributed by atoms with Crippen LogP contribution in [0, 0.1) is 6.92 Å². The van der Waals surface area contributed by atoms with Gasteiger partial charge in [-0.15, -0.1) is 21.5 Å². The Morgan fingerprint density at radius 1 is 1.15 bits per heavy atom. The molecule has 1 aromatic carbocycles. The number of thiophene rings is 1. The maximum absolute atomic E-state index is 6.01. The van der Waals surface area contributed by atoms with Crippen molar-refractivity contribution in [3.8, 4) is 10.8 Å². The quantitative estimate of drug-likeness (QED) is 0.620. The SMILES string of the molecule is Cc1ccc(-c2nnc([C@H]3CCCN(CCCc4ccccc4)C3)o2)s1. The van der Waals surface area contributed by atoms with Crippen molar-refractivity contribution in [1.82, 2.24) is 15.1 Å². The van der Waals surface area contributed by atoms with Gasteiger partial charge in [0.2, 0.25) is 5.89 Å². The van der Waals surface area contributed by atoms with Gasteiger partial charge in [-0.05, 0) is 63.4 Å². The molecule has 1 fully saturated rings. The number of piperidine rings is 1. The topological polar surface area (TPSA) is 42.2 Å². The van der Waals surface area contributed by atoms with Crippen LogP contribution in [0.15, 0.2) is 46.9 Å². The van der Waals surface area contributed by atoms with Crippen molar-refractivity contribution in [3.05, 3.63) is 58.8 Å². The van der Waals surface area contributed by atoms with Gasteiger partial charge in [0.05, 0.1) is 10.8 Å². The van der Waals surface area contributed by atoms with Gasteiger partial charge in [0.1, 0.15) is 0 Å². The minimum atomic E-state index is 0.364. The predicted molar refractivity (Wildman–Crippen MR) is 106 cm³/mol. The first-order valence-electron chi connectivity index (χ1n) is 9.44. The van der Waals surface area contributed by atoms with Crippen LogP contribution in [0.2, 0.25) is 0 Å². The predicted octanol–water partition coefficient (Wildman–Crippen LogP) is 4.92. The number of rotatable bonds is 6. The fraction of sp³-hybridized carbons (Fsp3) is 0.429. The third-order valence-electron chi connectivity index (χ3n) is 5.03. The standard InChI is InChI=1S/C21H25N3OS/c1-16-11-12-19(26-16)21-23-22-20(25-21)18-10-6-14-24(15-18)13-5-9-17-7-3-2-4-8-17/h2-4,7-8,11-12,18H,5-6,9-10,13-15H2,1H3/t18-/m0/s1. The Hall–Kier alpha value is -1.98. The molecule has 4 rings (SSSR count). The zero-order valence-corrected chi connectivity index (χ0v) is 16.0. The number of likely N-dealkylation sites (tertiary alicyclic amines) is 1. The van der Waals surface area contributed by atoms with Crippen LogP contribution in [0.3, 0.4) is 0 Å². The highest BCUT2D eigenvalue weighted by molar-refractivity contribution is 7.15. The fourth-order valence-corrected chi connectivity index (χ4v) is 4.45. The summed E-state index contributed by atoms with van der Waals surface area (Å²) in [5.41, 5.74) is 1.42. The zero-order chi connectivity index (χ0) is 17.8. The number of nitrogens with zero attached hydrogens (tertiary/aromatic N) is 3. The molecule has 2 aromatic heterocycles. The zero-order valence-electron chi connectivity index (χ0n) is 15.2. The van der Waals surface area contributed by atoms with Gasteiger partial charge in [-0.3, -0.25) is 0 Å². The Balaban J connectivity index is 1.33. The lowest BCUT2D eigenvalue weighted by Gasteiger charge is -2.30. The molecule has 136 valence electrons. The molecule has 1 aliphatic rings. The van der Waals surface area contributed by atoms with E-state index in [9.17, 15) is 0 Å². The van der Waals surface area contributed by atoms with Crippen molar-refractivity contribution >= 4 is 11.3 Å². The van der Waals surface area contributed by atoms with E-state index in [1.807, 2.05) is 0 Å². The molecule has 4 nitrogen and oxygen atoms in total. The minimum Gasteiger partial charge on any atom is -0.420 e. The second-order valence-corrected chi connectivity index (χ2v) is 8.37. The summed E-state index contributed by atoms with van der Waals surface area (Å²) < 4.78 is 6.01. The molecule has 0 bridgehead atoms. The molecule has 1 aliphatic heterocycles. The van der Waals surface area contributed by atoms with Gasteiger partial charge < -0.3 is 9.32 Å². The fourth-order valence-electron chi connectivity index (χ4n) is 3.66. The first-order valence-corrected chi connectivity index (χ1v) is 10.3. The lowest BCUT2D eigenvalue weighted by molar-refractivity contribution is 0.192. The van der Waals surface area contributed by atoms with Crippen molar-refractivity contribution in [3.63, 3.8) is 0 Å². The lowest BCUT2D eigenvalue weighted by atomic mass is 9.97. The molecule has 3 heterocycles. The summed E-state index contributed by atoms with van der Waals surface area (Å²) in [4.78, 5) is 4.88. The molecule has 0 unspecified atom stereocenters. The highest BCUT2D eigenvalue weighted by Crippen LogP contribution is 2.31. The third-order valence-corrected chi connectivity index (χ3v) is 6.02. The average molecular weight is 368 g/mol. The van der Waals surface area contributed by atoms with E-state index < -0.39 is 0 Å². The average Bonchev–Trinajstić information content (AvgIpc) is 3.32. The Labute approximate surface area is 158 Å². The van der Waals surface area contributed by atoms with Crippen LogP contribution in [0.25, 0.3) is 10.8 Å². The van der Waals surface area contributed by atoms with E-state index in [1.165, 1.54) is 29.8 Å². The van der Waals surface area contributed by atoms with Crippen LogP contribution in [0.4, 0.5) is 0 Å². The van der Waals surface area contributed by atoms with Gasteiger partial charge in [-0.1, -0.05) is 30.3 Å². The number of aromatic nitrogens is 2. The van der Waals surface area contributed by atoms with Crippen LogP contribution < -0.4 is 0 Å². The molecule has 3 aromatic rings. The van der Waals surface area contributed by atoms with E-state index >= 15 is 0 Å². The highest BCUT2D eigenvalue weighted by atomic mass is 32.1. The molecule has 1 atom stereocenters. The molecule has 0 saturated carbocycles. The molecule has 0 amide bonds.